The van der Waals surface area contributed by atoms with Gasteiger partial charge in [-0.15, -0.1) is 0 Å². The molecule has 2 unspecified atom stereocenters. The third-order valence-electron chi connectivity index (χ3n) is 10.3. The van der Waals surface area contributed by atoms with Crippen LogP contribution in [0.25, 0.3) is 12.2 Å². The molecule has 1 aliphatic heterocycles. The monoisotopic (exact) mass is 766 g/mol. The van der Waals surface area contributed by atoms with Gasteiger partial charge in [0.1, 0.15) is 6.04 Å². The lowest BCUT2D eigenvalue weighted by atomic mass is 9.97. The van der Waals surface area contributed by atoms with Crippen molar-refractivity contribution in [2.24, 2.45) is 5.73 Å². The fraction of sp³-hybridized carbons (Fsp3) is 0.410. The van der Waals surface area contributed by atoms with E-state index in [1.807, 2.05) is 12.2 Å². The van der Waals surface area contributed by atoms with E-state index in [9.17, 15) is 29.2 Å². The second kappa shape index (κ2) is 18.0. The minimum atomic E-state index is -3.10. The fourth-order valence-corrected chi connectivity index (χ4v) is 7.93. The molecule has 2 atom stereocenters. The van der Waals surface area contributed by atoms with Gasteiger partial charge in [-0.1, -0.05) is 25.3 Å². The fourth-order valence-electron chi connectivity index (χ4n) is 7.17. The molecule has 0 saturated carbocycles. The average Bonchev–Trinajstić information content (AvgIpc) is 3.74. The van der Waals surface area contributed by atoms with Gasteiger partial charge in [-0.2, -0.15) is 0 Å². The SMILES string of the molecule is C=Cc1c2[nH]c(c1C)Cc1[nH]c(c(CCC(=O)O)c1C)Cc1[nH]c(c(C)c1CCC(=O)O)Cc1[nH]c(c(C)c1C=C)C2.CP(=O)(O)CCC(N)C(=O)O.N. The summed E-state index contributed by atoms with van der Waals surface area (Å²) in [6.07, 6.45) is 7.22. The highest BCUT2D eigenvalue weighted by Gasteiger charge is 2.24. The Labute approximate surface area is 315 Å². The number of hydrogen-bond acceptors (Lipinski definition) is 6. The number of fused-ring (bicyclic) bond motifs is 8. The topological polar surface area (TPSA) is 273 Å². The van der Waals surface area contributed by atoms with E-state index in [1.54, 1.807) is 0 Å². The second-order valence-corrected chi connectivity index (χ2v) is 16.6. The van der Waals surface area contributed by atoms with Gasteiger partial charge in [0, 0.05) is 96.9 Å². The standard InChI is InChI=1S/C34H40N4O4.C5H12NO4P.H3N/c1-7-21-17(3)25-13-26-19(5)23(9-11-33(39)40)31(37-26)16-32-24(10-12-34(41)42)20(6)28(38-32)15-30-22(8-2)18(4)27(36-30)14-29(21)35-25;1-11(9,10)3-2-4(6)5(7)8;/h7-8,35-38H,1-2,9-16H2,3-6H3,(H,39,40)(H,41,42);4H,2-3,6H2,1H3,(H,7,8)(H,9,10);1H3. The van der Waals surface area contributed by atoms with Gasteiger partial charge in [0.2, 0.25) is 0 Å². The molecule has 5 rings (SSSR count). The number of rotatable bonds is 12. The van der Waals surface area contributed by atoms with Gasteiger partial charge in [-0.25, -0.2) is 0 Å². The maximum Gasteiger partial charge on any atom is 0.320 e. The molecular weight excluding hydrogens is 711 g/mol. The maximum absolute atomic E-state index is 11.6. The van der Waals surface area contributed by atoms with Crippen LogP contribution >= 0.6 is 7.37 Å². The highest BCUT2D eigenvalue weighted by Crippen LogP contribution is 2.36. The summed E-state index contributed by atoms with van der Waals surface area (Å²) in [6, 6.07) is -1.03. The normalized spacial score (nSPS) is 13.8. The first-order chi connectivity index (χ1) is 24.8. The molecule has 0 amide bonds. The maximum atomic E-state index is 11.6. The third-order valence-corrected chi connectivity index (χ3v) is 11.4. The largest absolute Gasteiger partial charge is 0.481 e. The highest BCUT2D eigenvalue weighted by atomic mass is 31.2. The van der Waals surface area contributed by atoms with Gasteiger partial charge in [-0.05, 0) is 91.5 Å². The van der Waals surface area contributed by atoms with Crippen LogP contribution in [0.3, 0.4) is 0 Å². The molecule has 14 nitrogen and oxygen atoms in total. The summed E-state index contributed by atoms with van der Waals surface area (Å²) in [7, 11) is -3.10. The third kappa shape index (κ3) is 10.2. The summed E-state index contributed by atoms with van der Waals surface area (Å²) in [6.45, 7) is 17.7. The number of carboxylic acid groups (broad SMARTS) is 3. The van der Waals surface area contributed by atoms with Crippen LogP contribution < -0.4 is 11.9 Å². The first-order valence-corrected chi connectivity index (χ1v) is 19.9. The van der Waals surface area contributed by atoms with Crippen LogP contribution in [0.15, 0.2) is 13.2 Å². The zero-order chi connectivity index (χ0) is 39.4. The van der Waals surface area contributed by atoms with Gasteiger partial charge in [0.05, 0.1) is 0 Å². The van der Waals surface area contributed by atoms with Gasteiger partial charge < -0.3 is 52.0 Å². The molecule has 0 aliphatic carbocycles. The van der Waals surface area contributed by atoms with Crippen molar-refractivity contribution >= 4 is 37.4 Å². The van der Waals surface area contributed by atoms with E-state index in [4.69, 9.17) is 15.7 Å². The lowest BCUT2D eigenvalue weighted by molar-refractivity contribution is -0.139. The van der Waals surface area contributed by atoms with E-state index in [2.05, 4.69) is 60.8 Å². The predicted octanol–water partition coefficient (Wildman–Crippen LogP) is 6.08. The van der Waals surface area contributed by atoms with E-state index in [1.165, 1.54) is 6.66 Å². The Morgan fingerprint density at radius 2 is 1.02 bits per heavy atom. The van der Waals surface area contributed by atoms with Gasteiger partial charge in [0.25, 0.3) is 0 Å². The van der Waals surface area contributed by atoms with E-state index >= 15 is 0 Å². The van der Waals surface area contributed by atoms with Crippen LogP contribution in [0.4, 0.5) is 0 Å². The Morgan fingerprint density at radius 3 is 1.35 bits per heavy atom. The molecule has 294 valence electrons. The number of carboxylic acids is 3. The molecule has 15 heteroatoms. The number of carbonyl (C=O) groups is 3. The zero-order valence-corrected chi connectivity index (χ0v) is 32.8. The minimum absolute atomic E-state index is 0. The quantitative estimate of drug-likeness (QED) is 0.0654. The van der Waals surface area contributed by atoms with E-state index in [0.29, 0.717) is 38.5 Å². The Hall–Kier alpha value is -4.88. The zero-order valence-electron chi connectivity index (χ0n) is 31.9. The first kappa shape index (κ1) is 43.5. The summed E-state index contributed by atoms with van der Waals surface area (Å²) in [5.74, 6) is -2.81. The van der Waals surface area contributed by atoms with Gasteiger partial charge in [-0.3, -0.25) is 18.9 Å². The van der Waals surface area contributed by atoms with Crippen molar-refractivity contribution in [3.8, 4) is 0 Å². The summed E-state index contributed by atoms with van der Waals surface area (Å²) < 4.78 is 10.6. The number of aromatic amines is 4. The molecular formula is C39H55N6O8P. The molecule has 4 aromatic heterocycles. The van der Waals surface area contributed by atoms with Crippen LogP contribution in [-0.2, 0) is 57.5 Å². The minimum Gasteiger partial charge on any atom is -0.481 e. The molecule has 0 spiro atoms. The first-order valence-electron chi connectivity index (χ1n) is 17.6. The van der Waals surface area contributed by atoms with Crippen LogP contribution in [0.5, 0.6) is 0 Å². The summed E-state index contributed by atoms with van der Waals surface area (Å²) in [4.78, 5) is 56.7. The Kier molecular flexibility index (Phi) is 14.5. The molecule has 1 aliphatic rings. The highest BCUT2D eigenvalue weighted by molar-refractivity contribution is 7.57. The smallest absolute Gasteiger partial charge is 0.320 e. The molecule has 0 fully saturated rings. The number of nitrogens with one attached hydrogen (secondary N) is 4. The molecule has 0 saturated heterocycles. The average molecular weight is 767 g/mol. The van der Waals surface area contributed by atoms with E-state index in [0.717, 1.165) is 90.1 Å². The van der Waals surface area contributed by atoms with Crippen molar-refractivity contribution in [3.63, 3.8) is 0 Å². The second-order valence-electron chi connectivity index (χ2n) is 14.0. The number of aromatic nitrogens is 4. The molecule has 0 aromatic carbocycles. The van der Waals surface area contributed by atoms with Crippen molar-refractivity contribution in [1.82, 2.24) is 26.1 Å². The summed E-state index contributed by atoms with van der Waals surface area (Å²) in [5.41, 5.74) is 22.2. The summed E-state index contributed by atoms with van der Waals surface area (Å²) >= 11 is 0. The van der Waals surface area contributed by atoms with E-state index in [-0.39, 0.29) is 31.6 Å². The molecule has 5 heterocycles. The number of aliphatic carboxylic acids is 3. The Bertz CT molecular complexity index is 2090. The Balaban J connectivity index is 0.000000569. The van der Waals surface area contributed by atoms with Crippen LogP contribution in [0, 0.1) is 27.7 Å². The van der Waals surface area contributed by atoms with Gasteiger partial charge >= 0.3 is 17.9 Å². The van der Waals surface area contributed by atoms with Crippen LogP contribution in [0.1, 0.15) is 109 Å². The van der Waals surface area contributed by atoms with Crippen molar-refractivity contribution in [3.05, 3.63) is 103 Å². The lowest BCUT2D eigenvalue weighted by Gasteiger charge is -2.07. The number of nitrogens with two attached hydrogens (primary N) is 1. The molecule has 4 aromatic rings. The molecule has 54 heavy (non-hydrogen) atoms. The summed E-state index contributed by atoms with van der Waals surface area (Å²) in [5, 5.41) is 27.3. The molecule has 0 radical (unpaired) electrons. The Morgan fingerprint density at radius 1 is 0.685 bits per heavy atom. The van der Waals surface area contributed by atoms with Crippen molar-refractivity contribution in [2.45, 2.75) is 91.5 Å². The predicted molar refractivity (Wildman–Crippen MR) is 211 cm³/mol. The van der Waals surface area contributed by atoms with Crippen molar-refractivity contribution in [2.75, 3.05) is 12.8 Å². The van der Waals surface area contributed by atoms with Crippen molar-refractivity contribution in [1.29, 1.82) is 0 Å². The molecule has 8 bridgehead atoms. The molecule has 13 N–H and O–H groups in total. The number of H-pyrrole nitrogens is 4. The van der Waals surface area contributed by atoms with Gasteiger partial charge in [0.15, 0.2) is 7.37 Å². The van der Waals surface area contributed by atoms with Crippen LogP contribution in [0.2, 0.25) is 0 Å². The van der Waals surface area contributed by atoms with Crippen LogP contribution in [-0.4, -0.2) is 76.9 Å². The van der Waals surface area contributed by atoms with Crippen molar-refractivity contribution < 1.29 is 39.2 Å². The lowest BCUT2D eigenvalue weighted by Crippen LogP contribution is -2.30. The number of hydrogen-bond donors (Lipinski definition) is 10. The van der Waals surface area contributed by atoms with E-state index < -0.39 is 31.3 Å².